The van der Waals surface area contributed by atoms with Gasteiger partial charge in [-0.25, -0.2) is 4.98 Å². The average molecular weight is 355 g/mol. The molecule has 0 aliphatic carbocycles. The largest absolute Gasteiger partial charge is 0.306 e. The zero-order valence-electron chi connectivity index (χ0n) is 14.4. The fourth-order valence-electron chi connectivity index (χ4n) is 2.69. The van der Waals surface area contributed by atoms with Crippen molar-refractivity contribution in [1.82, 2.24) is 14.8 Å². The van der Waals surface area contributed by atoms with Crippen LogP contribution in [0.15, 0.2) is 42.6 Å². The second-order valence-electron chi connectivity index (χ2n) is 5.97. The van der Waals surface area contributed by atoms with E-state index in [1.54, 1.807) is 16.9 Å². The van der Waals surface area contributed by atoms with E-state index in [0.29, 0.717) is 28.6 Å². The minimum absolute atomic E-state index is 0.211. The van der Waals surface area contributed by atoms with Gasteiger partial charge in [0.1, 0.15) is 5.82 Å². The van der Waals surface area contributed by atoms with E-state index in [1.165, 1.54) is 0 Å². The molecule has 0 saturated heterocycles. The summed E-state index contributed by atoms with van der Waals surface area (Å²) in [6.07, 6.45) is 1.72. The van der Waals surface area contributed by atoms with E-state index in [4.69, 9.17) is 11.6 Å². The number of nitrogens with zero attached hydrogens (tertiary/aromatic N) is 3. The van der Waals surface area contributed by atoms with Crippen LogP contribution < -0.4 is 5.32 Å². The van der Waals surface area contributed by atoms with Gasteiger partial charge in [0.05, 0.1) is 17.8 Å². The first kappa shape index (κ1) is 17.2. The topological polar surface area (TPSA) is 59.8 Å². The summed E-state index contributed by atoms with van der Waals surface area (Å²) in [4.78, 5) is 16.9. The third kappa shape index (κ3) is 3.72. The number of nitrogens with one attached hydrogen (secondary N) is 1. The number of amides is 1. The van der Waals surface area contributed by atoms with Crippen LogP contribution in [0.3, 0.4) is 0 Å². The Bertz CT molecular complexity index is 916. The van der Waals surface area contributed by atoms with Crippen molar-refractivity contribution in [2.45, 2.75) is 27.3 Å². The number of rotatable bonds is 4. The van der Waals surface area contributed by atoms with E-state index in [0.717, 1.165) is 16.8 Å². The number of hydrogen-bond acceptors (Lipinski definition) is 3. The molecule has 6 heteroatoms. The normalized spacial score (nSPS) is 10.7. The molecule has 0 saturated carbocycles. The number of benzene rings is 1. The van der Waals surface area contributed by atoms with Gasteiger partial charge >= 0.3 is 0 Å². The molecular weight excluding hydrogens is 336 g/mol. The standard InChI is InChI=1S/C19H19ClN4O/c1-12-8-9-17(21-10-12)22-19(25)18-13(2)23-24(14(18)3)11-15-6-4-5-7-16(15)20/h4-10H,11H2,1-3H3,(H,21,22,25). The number of carbonyl (C=O) groups is 1. The molecule has 5 nitrogen and oxygen atoms in total. The Kier molecular flexibility index (Phi) is 4.86. The van der Waals surface area contributed by atoms with Crippen molar-refractivity contribution in [3.63, 3.8) is 0 Å². The van der Waals surface area contributed by atoms with Crippen molar-refractivity contribution in [3.8, 4) is 0 Å². The summed E-state index contributed by atoms with van der Waals surface area (Å²) in [5.74, 6) is 0.310. The first-order valence-electron chi connectivity index (χ1n) is 7.97. The maximum atomic E-state index is 12.6. The van der Waals surface area contributed by atoms with E-state index in [1.807, 2.05) is 51.1 Å². The molecule has 0 unspecified atom stereocenters. The highest BCUT2D eigenvalue weighted by Gasteiger charge is 2.19. The molecule has 1 aromatic carbocycles. The first-order chi connectivity index (χ1) is 12.0. The lowest BCUT2D eigenvalue weighted by Gasteiger charge is -2.08. The van der Waals surface area contributed by atoms with Crippen LogP contribution in [0, 0.1) is 20.8 Å². The fourth-order valence-corrected chi connectivity index (χ4v) is 2.88. The molecule has 2 aromatic heterocycles. The quantitative estimate of drug-likeness (QED) is 0.765. The van der Waals surface area contributed by atoms with Crippen LogP contribution >= 0.6 is 11.6 Å². The Balaban J connectivity index is 1.85. The summed E-state index contributed by atoms with van der Waals surface area (Å²) in [7, 11) is 0. The van der Waals surface area contributed by atoms with Gasteiger partial charge in [-0.15, -0.1) is 0 Å². The molecule has 0 bridgehead atoms. The third-order valence-electron chi connectivity index (χ3n) is 4.04. The smallest absolute Gasteiger partial charge is 0.260 e. The number of pyridine rings is 1. The minimum atomic E-state index is -0.211. The lowest BCUT2D eigenvalue weighted by molar-refractivity contribution is 0.102. The second-order valence-corrected chi connectivity index (χ2v) is 6.38. The molecule has 1 amide bonds. The number of hydrogen-bond donors (Lipinski definition) is 1. The Morgan fingerprint density at radius 2 is 1.92 bits per heavy atom. The summed E-state index contributed by atoms with van der Waals surface area (Å²) in [6.45, 7) is 6.18. The zero-order valence-corrected chi connectivity index (χ0v) is 15.1. The molecule has 1 N–H and O–H groups in total. The molecule has 0 radical (unpaired) electrons. The highest BCUT2D eigenvalue weighted by molar-refractivity contribution is 6.31. The van der Waals surface area contributed by atoms with E-state index in [-0.39, 0.29) is 5.91 Å². The van der Waals surface area contributed by atoms with Crippen LogP contribution in [0.25, 0.3) is 0 Å². The van der Waals surface area contributed by atoms with Gasteiger partial charge in [0, 0.05) is 16.9 Å². The third-order valence-corrected chi connectivity index (χ3v) is 4.41. The van der Waals surface area contributed by atoms with Crippen LogP contribution in [0.4, 0.5) is 5.82 Å². The molecule has 128 valence electrons. The fraction of sp³-hybridized carbons (Fsp3) is 0.211. The molecule has 0 fully saturated rings. The minimum Gasteiger partial charge on any atom is -0.306 e. The molecule has 0 atom stereocenters. The van der Waals surface area contributed by atoms with Crippen molar-refractivity contribution in [2.75, 3.05) is 5.32 Å². The molecule has 0 aliphatic heterocycles. The van der Waals surface area contributed by atoms with Gasteiger partial charge < -0.3 is 5.32 Å². The van der Waals surface area contributed by atoms with E-state index < -0.39 is 0 Å². The van der Waals surface area contributed by atoms with Crippen LogP contribution in [-0.4, -0.2) is 20.7 Å². The maximum Gasteiger partial charge on any atom is 0.260 e. The van der Waals surface area contributed by atoms with Gasteiger partial charge in [0.2, 0.25) is 0 Å². The summed E-state index contributed by atoms with van der Waals surface area (Å²) >= 11 is 6.23. The van der Waals surface area contributed by atoms with Crippen LogP contribution in [0.5, 0.6) is 0 Å². The number of carbonyl (C=O) groups excluding carboxylic acids is 1. The molecule has 25 heavy (non-hydrogen) atoms. The highest BCUT2D eigenvalue weighted by Crippen LogP contribution is 2.20. The van der Waals surface area contributed by atoms with Gasteiger partial charge in [0.25, 0.3) is 5.91 Å². The van der Waals surface area contributed by atoms with Gasteiger partial charge in [-0.3, -0.25) is 9.48 Å². The molecule has 0 spiro atoms. The van der Waals surface area contributed by atoms with Crippen molar-refractivity contribution in [1.29, 1.82) is 0 Å². The van der Waals surface area contributed by atoms with E-state index in [9.17, 15) is 4.79 Å². The summed E-state index contributed by atoms with van der Waals surface area (Å²) in [5, 5.41) is 8.01. The number of aromatic nitrogens is 3. The second kappa shape index (κ2) is 7.07. The predicted octanol–water partition coefficient (Wildman–Crippen LogP) is 4.16. The Morgan fingerprint density at radius 1 is 1.16 bits per heavy atom. The lowest BCUT2D eigenvalue weighted by Crippen LogP contribution is -2.15. The monoisotopic (exact) mass is 354 g/mol. The summed E-state index contributed by atoms with van der Waals surface area (Å²) < 4.78 is 1.80. The number of anilines is 1. The van der Waals surface area contributed by atoms with Crippen molar-refractivity contribution in [3.05, 3.63) is 75.7 Å². The molecule has 0 aliphatic rings. The van der Waals surface area contributed by atoms with E-state index >= 15 is 0 Å². The molecular formula is C19H19ClN4O. The van der Waals surface area contributed by atoms with Crippen molar-refractivity contribution in [2.24, 2.45) is 0 Å². The Labute approximate surface area is 151 Å². The van der Waals surface area contributed by atoms with Crippen LogP contribution in [0.2, 0.25) is 5.02 Å². The maximum absolute atomic E-state index is 12.6. The first-order valence-corrected chi connectivity index (χ1v) is 8.35. The molecule has 2 heterocycles. The Morgan fingerprint density at radius 3 is 2.60 bits per heavy atom. The van der Waals surface area contributed by atoms with Crippen molar-refractivity contribution < 1.29 is 4.79 Å². The van der Waals surface area contributed by atoms with Crippen LogP contribution in [0.1, 0.15) is 32.9 Å². The van der Waals surface area contributed by atoms with Gasteiger partial charge in [-0.2, -0.15) is 5.10 Å². The Hall–Kier alpha value is -2.66. The van der Waals surface area contributed by atoms with Gasteiger partial charge in [-0.1, -0.05) is 35.9 Å². The highest BCUT2D eigenvalue weighted by atomic mass is 35.5. The summed E-state index contributed by atoms with van der Waals surface area (Å²) in [6, 6.07) is 11.3. The zero-order chi connectivity index (χ0) is 18.0. The van der Waals surface area contributed by atoms with Crippen molar-refractivity contribution >= 4 is 23.3 Å². The average Bonchev–Trinajstić information content (AvgIpc) is 2.86. The molecule has 3 rings (SSSR count). The van der Waals surface area contributed by atoms with E-state index in [2.05, 4.69) is 15.4 Å². The molecule has 3 aromatic rings. The number of halogens is 1. The number of aryl methyl sites for hydroxylation is 2. The van der Waals surface area contributed by atoms with Gasteiger partial charge in [-0.05, 0) is 44.0 Å². The van der Waals surface area contributed by atoms with Crippen LogP contribution in [-0.2, 0) is 6.54 Å². The van der Waals surface area contributed by atoms with Gasteiger partial charge in [0.15, 0.2) is 0 Å². The predicted molar refractivity (Wildman–Crippen MR) is 99.2 cm³/mol. The SMILES string of the molecule is Cc1ccc(NC(=O)c2c(C)nn(Cc3ccccc3Cl)c2C)nc1. The lowest BCUT2D eigenvalue weighted by atomic mass is 10.1. The summed E-state index contributed by atoms with van der Waals surface area (Å²) in [5.41, 5.74) is 4.03.